The van der Waals surface area contributed by atoms with E-state index in [4.69, 9.17) is 17.3 Å². The Kier molecular flexibility index (Phi) is 4.04. The van der Waals surface area contributed by atoms with Gasteiger partial charge in [-0.2, -0.15) is 5.26 Å². The summed E-state index contributed by atoms with van der Waals surface area (Å²) >= 11 is 6.16. The fraction of sp³-hybridized carbons (Fsp3) is 0.250. The van der Waals surface area contributed by atoms with Crippen LogP contribution in [0.4, 0.5) is 5.69 Å². The molecule has 0 radical (unpaired) electrons. The lowest BCUT2D eigenvalue weighted by atomic mass is 9.54. The number of nitrogens with zero attached hydrogens (tertiary/aromatic N) is 1. The number of anilines is 1. The number of carbonyl (C=O) groups excluding carboxylic acids is 1. The van der Waals surface area contributed by atoms with Gasteiger partial charge in [-0.05, 0) is 60.1 Å². The highest BCUT2D eigenvalue weighted by Gasteiger charge is 2.60. The van der Waals surface area contributed by atoms with Gasteiger partial charge in [-0.1, -0.05) is 48.0 Å². The molecule has 3 aliphatic rings. The van der Waals surface area contributed by atoms with E-state index in [0.29, 0.717) is 16.3 Å². The number of amides is 1. The zero-order valence-corrected chi connectivity index (χ0v) is 16.5. The van der Waals surface area contributed by atoms with E-state index in [-0.39, 0.29) is 17.7 Å². The third-order valence-electron chi connectivity index (χ3n) is 6.63. The van der Waals surface area contributed by atoms with Gasteiger partial charge < -0.3 is 11.1 Å². The first-order valence-electron chi connectivity index (χ1n) is 9.86. The van der Waals surface area contributed by atoms with Crippen LogP contribution in [0.25, 0.3) is 0 Å². The summed E-state index contributed by atoms with van der Waals surface area (Å²) < 4.78 is 0. The molecule has 1 aliphatic heterocycles. The summed E-state index contributed by atoms with van der Waals surface area (Å²) in [6.07, 6.45) is 4.99. The van der Waals surface area contributed by atoms with E-state index in [1.54, 1.807) is 0 Å². The Bertz CT molecular complexity index is 1130. The highest BCUT2D eigenvalue weighted by Crippen LogP contribution is 2.60. The van der Waals surface area contributed by atoms with Gasteiger partial charge in [0.15, 0.2) is 0 Å². The first-order chi connectivity index (χ1) is 14.1. The van der Waals surface area contributed by atoms with Crippen molar-refractivity contribution in [3.63, 3.8) is 0 Å². The van der Waals surface area contributed by atoms with E-state index in [0.717, 1.165) is 41.6 Å². The van der Waals surface area contributed by atoms with Crippen LogP contribution in [-0.2, 0) is 10.2 Å². The SMILES string of the molecule is N#CC1=C(N)[C@]2(C(=O)Nc3ccccc32)[C@@H](c2ccc(Cl)cc2)[C@@H]2CCCC=C12. The molecule has 1 heterocycles. The summed E-state index contributed by atoms with van der Waals surface area (Å²) in [6.45, 7) is 0. The number of halogens is 1. The zero-order chi connectivity index (χ0) is 20.2. The van der Waals surface area contributed by atoms with Crippen molar-refractivity contribution in [3.8, 4) is 6.07 Å². The molecule has 5 rings (SSSR count). The topological polar surface area (TPSA) is 78.9 Å². The lowest BCUT2D eigenvalue weighted by Crippen LogP contribution is -2.51. The maximum absolute atomic E-state index is 13.6. The fourth-order valence-electron chi connectivity index (χ4n) is 5.49. The quantitative estimate of drug-likeness (QED) is 0.721. The third-order valence-corrected chi connectivity index (χ3v) is 6.89. The third kappa shape index (κ3) is 2.34. The number of rotatable bonds is 1. The molecule has 2 aliphatic carbocycles. The maximum atomic E-state index is 13.6. The minimum absolute atomic E-state index is 0.0452. The molecule has 3 atom stereocenters. The molecule has 1 spiro atoms. The van der Waals surface area contributed by atoms with Gasteiger partial charge in [0.05, 0.1) is 5.57 Å². The molecule has 0 saturated carbocycles. The Morgan fingerprint density at radius 1 is 1.17 bits per heavy atom. The zero-order valence-electron chi connectivity index (χ0n) is 15.8. The predicted octanol–water partition coefficient (Wildman–Crippen LogP) is 4.79. The molecular weight excluding hydrogens is 382 g/mol. The van der Waals surface area contributed by atoms with E-state index < -0.39 is 5.41 Å². The molecule has 1 amide bonds. The van der Waals surface area contributed by atoms with Crippen LogP contribution in [0, 0.1) is 17.2 Å². The van der Waals surface area contributed by atoms with Crippen LogP contribution in [0.15, 0.2) is 71.5 Å². The van der Waals surface area contributed by atoms with Crippen molar-refractivity contribution in [1.82, 2.24) is 0 Å². The van der Waals surface area contributed by atoms with E-state index in [9.17, 15) is 10.1 Å². The number of nitrogens with two attached hydrogens (primary N) is 1. The largest absolute Gasteiger partial charge is 0.400 e. The van der Waals surface area contributed by atoms with Crippen molar-refractivity contribution < 1.29 is 4.79 Å². The molecule has 0 fully saturated rings. The molecule has 0 unspecified atom stereocenters. The minimum atomic E-state index is -1.10. The van der Waals surface area contributed by atoms with Crippen molar-refractivity contribution >= 4 is 23.2 Å². The smallest absolute Gasteiger partial charge is 0.241 e. The fourth-order valence-corrected chi connectivity index (χ4v) is 5.62. The Morgan fingerprint density at radius 2 is 1.93 bits per heavy atom. The number of fused-ring (bicyclic) bond motifs is 3. The Labute approximate surface area is 174 Å². The van der Waals surface area contributed by atoms with Crippen molar-refractivity contribution in [1.29, 1.82) is 5.26 Å². The first-order valence-corrected chi connectivity index (χ1v) is 10.2. The molecule has 5 heteroatoms. The van der Waals surface area contributed by atoms with Crippen LogP contribution in [0.3, 0.4) is 0 Å². The van der Waals surface area contributed by atoms with Crippen LogP contribution in [0.2, 0.25) is 5.02 Å². The summed E-state index contributed by atoms with van der Waals surface area (Å²) in [7, 11) is 0. The van der Waals surface area contributed by atoms with E-state index in [2.05, 4.69) is 17.5 Å². The normalized spacial score (nSPS) is 27.7. The van der Waals surface area contributed by atoms with Gasteiger partial charge in [0.25, 0.3) is 0 Å². The molecule has 0 saturated heterocycles. The number of hydrogen-bond acceptors (Lipinski definition) is 3. The number of hydrogen-bond donors (Lipinski definition) is 2. The van der Waals surface area contributed by atoms with Gasteiger partial charge in [-0.3, -0.25) is 4.79 Å². The second-order valence-electron chi connectivity index (χ2n) is 7.93. The summed E-state index contributed by atoms with van der Waals surface area (Å²) in [5.41, 5.74) is 10.1. The Hall–Kier alpha value is -3.03. The molecular formula is C24H20ClN3O. The summed E-state index contributed by atoms with van der Waals surface area (Å²) in [5, 5.41) is 13.7. The van der Waals surface area contributed by atoms with E-state index in [1.807, 2.05) is 48.5 Å². The van der Waals surface area contributed by atoms with Crippen LogP contribution in [-0.4, -0.2) is 5.91 Å². The molecule has 0 aromatic heterocycles. The van der Waals surface area contributed by atoms with Crippen LogP contribution >= 0.6 is 11.6 Å². The van der Waals surface area contributed by atoms with Crippen molar-refractivity contribution in [2.75, 3.05) is 5.32 Å². The minimum Gasteiger partial charge on any atom is -0.400 e. The van der Waals surface area contributed by atoms with Crippen molar-refractivity contribution in [2.24, 2.45) is 11.7 Å². The highest BCUT2D eigenvalue weighted by molar-refractivity contribution is 6.30. The number of carbonyl (C=O) groups is 1. The summed E-state index contributed by atoms with van der Waals surface area (Å²) in [4.78, 5) is 13.6. The van der Waals surface area contributed by atoms with Crippen molar-refractivity contribution in [3.05, 3.63) is 87.6 Å². The van der Waals surface area contributed by atoms with Gasteiger partial charge in [-0.15, -0.1) is 0 Å². The van der Waals surface area contributed by atoms with Gasteiger partial charge >= 0.3 is 0 Å². The molecule has 3 N–H and O–H groups in total. The predicted molar refractivity (Wildman–Crippen MR) is 113 cm³/mol. The Morgan fingerprint density at radius 3 is 2.69 bits per heavy atom. The summed E-state index contributed by atoms with van der Waals surface area (Å²) in [6, 6.07) is 17.7. The molecule has 29 heavy (non-hydrogen) atoms. The number of nitrogens with one attached hydrogen (secondary N) is 1. The number of allylic oxidation sites excluding steroid dienone is 3. The molecule has 144 valence electrons. The van der Waals surface area contributed by atoms with E-state index >= 15 is 0 Å². The maximum Gasteiger partial charge on any atom is 0.241 e. The van der Waals surface area contributed by atoms with Crippen molar-refractivity contribution in [2.45, 2.75) is 30.6 Å². The second kappa shape index (κ2) is 6.50. The van der Waals surface area contributed by atoms with Crippen LogP contribution in [0.1, 0.15) is 36.3 Å². The molecule has 4 nitrogen and oxygen atoms in total. The first kappa shape index (κ1) is 18.0. The monoisotopic (exact) mass is 401 g/mol. The Balaban J connectivity index is 1.88. The van der Waals surface area contributed by atoms with Crippen LogP contribution in [0.5, 0.6) is 0 Å². The highest BCUT2D eigenvalue weighted by atomic mass is 35.5. The molecule has 2 aromatic rings. The lowest BCUT2D eigenvalue weighted by molar-refractivity contribution is -0.121. The van der Waals surface area contributed by atoms with Gasteiger partial charge in [-0.25, -0.2) is 0 Å². The number of nitriles is 1. The number of para-hydroxylation sites is 1. The van der Waals surface area contributed by atoms with Gasteiger partial charge in [0.2, 0.25) is 5.91 Å². The van der Waals surface area contributed by atoms with Gasteiger partial charge in [0, 0.05) is 22.3 Å². The standard InChI is InChI=1S/C24H20ClN3O/c25-15-11-9-14(10-12-15)21-17-6-2-1-5-16(17)18(13-26)22(27)24(21)19-7-3-4-8-20(19)28-23(24)29/h3-5,7-12,17,21H,1-2,6,27H2,(H,28,29)/t17-,21+,24-/m1/s1. The number of benzene rings is 2. The summed E-state index contributed by atoms with van der Waals surface area (Å²) in [5.74, 6) is -0.315. The second-order valence-corrected chi connectivity index (χ2v) is 8.37. The van der Waals surface area contributed by atoms with Crippen LogP contribution < -0.4 is 11.1 Å². The lowest BCUT2D eigenvalue weighted by Gasteiger charge is -2.47. The molecule has 2 aromatic carbocycles. The average molecular weight is 402 g/mol. The van der Waals surface area contributed by atoms with E-state index in [1.165, 1.54) is 0 Å². The average Bonchev–Trinajstić information content (AvgIpc) is 3.03. The molecule has 0 bridgehead atoms. The van der Waals surface area contributed by atoms with Gasteiger partial charge in [0.1, 0.15) is 11.5 Å².